The average Bonchev–Trinajstić information content (AvgIpc) is 2.93. The maximum atomic E-state index is 12.8. The minimum absolute atomic E-state index is 0.0830. The lowest BCUT2D eigenvalue weighted by Gasteiger charge is -2.33. The summed E-state index contributed by atoms with van der Waals surface area (Å²) in [5.74, 6) is -0.163. The second kappa shape index (κ2) is 12.9. The van der Waals surface area contributed by atoms with Gasteiger partial charge < -0.3 is 24.8 Å². The highest BCUT2D eigenvalue weighted by atomic mass is 35.5. The Morgan fingerprint density at radius 2 is 1.75 bits per heavy atom. The first-order valence-electron chi connectivity index (χ1n) is 12.4. The summed E-state index contributed by atoms with van der Waals surface area (Å²) < 4.78 is 10.7. The third kappa shape index (κ3) is 6.75. The summed E-state index contributed by atoms with van der Waals surface area (Å²) in [4.78, 5) is 44.6. The predicted molar refractivity (Wildman–Crippen MR) is 152 cm³/mol. The van der Waals surface area contributed by atoms with Gasteiger partial charge in [-0.25, -0.2) is 14.6 Å². The number of anilines is 2. The molecule has 0 unspecified atom stereocenters. The standard InChI is InChI=1S/C28H28Cl2N4O6/c1-33-13-14-34(28(37)38)25-23(33)11-8-18(31-25)12-15-40-19-9-6-17(7-10-19)16-22(27(36)39-2)32-26(35)24-20(29)4-3-5-21(24)30/h3-11,22H,12-16H2,1-2H3,(H,32,35)(H,37,38)/t22-/m0/s1. The summed E-state index contributed by atoms with van der Waals surface area (Å²) in [5.41, 5.74) is 2.33. The number of ether oxygens (including phenoxy) is 2. The molecule has 40 heavy (non-hydrogen) atoms. The highest BCUT2D eigenvalue weighted by molar-refractivity contribution is 6.39. The number of carbonyl (C=O) groups excluding carboxylic acids is 2. The van der Waals surface area contributed by atoms with Crippen molar-refractivity contribution in [3.63, 3.8) is 0 Å². The van der Waals surface area contributed by atoms with E-state index in [4.69, 9.17) is 32.7 Å². The van der Waals surface area contributed by atoms with E-state index in [9.17, 15) is 19.5 Å². The van der Waals surface area contributed by atoms with Crippen LogP contribution in [0.3, 0.4) is 0 Å². The van der Waals surface area contributed by atoms with Gasteiger partial charge in [0.05, 0.1) is 35.0 Å². The van der Waals surface area contributed by atoms with Crippen molar-refractivity contribution in [2.24, 2.45) is 0 Å². The van der Waals surface area contributed by atoms with Crippen molar-refractivity contribution in [1.82, 2.24) is 10.3 Å². The molecule has 0 spiro atoms. The van der Waals surface area contributed by atoms with Crippen LogP contribution in [-0.2, 0) is 22.4 Å². The molecule has 0 saturated heterocycles. The second-order valence-corrected chi connectivity index (χ2v) is 9.91. The van der Waals surface area contributed by atoms with E-state index in [2.05, 4.69) is 10.3 Å². The topological polar surface area (TPSA) is 121 Å². The zero-order valence-corrected chi connectivity index (χ0v) is 23.4. The fourth-order valence-electron chi connectivity index (χ4n) is 4.29. The lowest BCUT2D eigenvalue weighted by atomic mass is 10.0. The molecular weight excluding hydrogens is 559 g/mol. The second-order valence-electron chi connectivity index (χ2n) is 9.09. The lowest BCUT2D eigenvalue weighted by Crippen LogP contribution is -2.43. The molecule has 3 aromatic rings. The Labute approximate surface area is 241 Å². The van der Waals surface area contributed by atoms with Crippen LogP contribution in [0.4, 0.5) is 16.3 Å². The molecule has 2 N–H and O–H groups in total. The minimum Gasteiger partial charge on any atom is -0.493 e. The summed E-state index contributed by atoms with van der Waals surface area (Å²) in [6.07, 6.45) is -0.376. The summed E-state index contributed by atoms with van der Waals surface area (Å²) in [6, 6.07) is 14.6. The van der Waals surface area contributed by atoms with Crippen LogP contribution in [-0.4, -0.2) is 68.0 Å². The van der Waals surface area contributed by atoms with Gasteiger partial charge in [-0.05, 0) is 42.0 Å². The molecule has 0 fully saturated rings. The van der Waals surface area contributed by atoms with Crippen LogP contribution in [0.15, 0.2) is 54.6 Å². The van der Waals surface area contributed by atoms with Crippen molar-refractivity contribution in [3.05, 3.63) is 81.5 Å². The normalized spacial score (nSPS) is 13.3. The number of benzene rings is 2. The molecule has 1 aromatic heterocycles. The van der Waals surface area contributed by atoms with E-state index in [0.717, 1.165) is 11.3 Å². The smallest absolute Gasteiger partial charge is 0.413 e. The number of carboxylic acid groups (broad SMARTS) is 1. The number of hydrogen-bond acceptors (Lipinski definition) is 7. The Morgan fingerprint density at radius 1 is 1.05 bits per heavy atom. The summed E-state index contributed by atoms with van der Waals surface area (Å²) >= 11 is 12.3. The fourth-order valence-corrected chi connectivity index (χ4v) is 4.86. The molecule has 12 heteroatoms. The number of carbonyl (C=O) groups is 3. The predicted octanol–water partition coefficient (Wildman–Crippen LogP) is 4.46. The Bertz CT molecular complexity index is 1380. The summed E-state index contributed by atoms with van der Waals surface area (Å²) in [6.45, 7) is 1.28. The molecule has 0 radical (unpaired) electrons. The highest BCUT2D eigenvalue weighted by Crippen LogP contribution is 2.30. The fraction of sp³-hybridized carbons (Fsp3) is 0.286. The molecule has 4 rings (SSSR count). The van der Waals surface area contributed by atoms with Crippen LogP contribution in [0.2, 0.25) is 10.0 Å². The largest absolute Gasteiger partial charge is 0.493 e. The number of amides is 2. The van der Waals surface area contributed by atoms with E-state index in [1.165, 1.54) is 12.0 Å². The van der Waals surface area contributed by atoms with Crippen LogP contribution in [0.25, 0.3) is 0 Å². The first kappa shape index (κ1) is 29.0. The number of halogens is 2. The number of pyridine rings is 1. The number of likely N-dealkylation sites (N-methyl/N-ethyl adjacent to an activating group) is 1. The maximum Gasteiger partial charge on any atom is 0.413 e. The van der Waals surface area contributed by atoms with Crippen LogP contribution in [0, 0.1) is 0 Å². The molecule has 210 valence electrons. The Hall–Kier alpha value is -4.02. The van der Waals surface area contributed by atoms with Crippen molar-refractivity contribution >= 4 is 52.7 Å². The van der Waals surface area contributed by atoms with Crippen LogP contribution < -0.4 is 19.9 Å². The molecule has 2 aromatic carbocycles. The lowest BCUT2D eigenvalue weighted by molar-refractivity contribution is -0.142. The van der Waals surface area contributed by atoms with Gasteiger partial charge in [0.15, 0.2) is 5.82 Å². The van der Waals surface area contributed by atoms with Gasteiger partial charge in [0.2, 0.25) is 0 Å². The molecule has 1 aliphatic heterocycles. The number of rotatable bonds is 9. The third-order valence-corrected chi connectivity index (χ3v) is 7.07. The minimum atomic E-state index is -1.03. The van der Waals surface area contributed by atoms with Crippen molar-refractivity contribution in [1.29, 1.82) is 0 Å². The number of fused-ring (bicyclic) bond motifs is 1. The van der Waals surface area contributed by atoms with Crippen molar-refractivity contribution < 1.29 is 29.0 Å². The van der Waals surface area contributed by atoms with Crippen LogP contribution in [0.5, 0.6) is 5.75 Å². The number of hydrogen-bond donors (Lipinski definition) is 2. The van der Waals surface area contributed by atoms with E-state index < -0.39 is 24.0 Å². The zero-order chi connectivity index (χ0) is 28.8. The van der Waals surface area contributed by atoms with E-state index in [1.807, 2.05) is 24.1 Å². The van der Waals surface area contributed by atoms with Crippen molar-refractivity contribution in [3.8, 4) is 5.75 Å². The van der Waals surface area contributed by atoms with Crippen LogP contribution >= 0.6 is 23.2 Å². The maximum absolute atomic E-state index is 12.8. The van der Waals surface area contributed by atoms with Crippen molar-refractivity contribution in [2.75, 3.05) is 43.7 Å². The molecule has 0 aliphatic carbocycles. The first-order chi connectivity index (χ1) is 19.2. The Morgan fingerprint density at radius 3 is 2.40 bits per heavy atom. The zero-order valence-electron chi connectivity index (χ0n) is 21.9. The molecule has 0 saturated carbocycles. The summed E-state index contributed by atoms with van der Waals surface area (Å²) in [7, 11) is 3.15. The molecule has 0 bridgehead atoms. The molecule has 10 nitrogen and oxygen atoms in total. The van der Waals surface area contributed by atoms with Gasteiger partial charge in [-0.2, -0.15) is 0 Å². The van der Waals surface area contributed by atoms with Crippen LogP contribution in [0.1, 0.15) is 21.6 Å². The molecular formula is C28H28Cl2N4O6. The number of methoxy groups -OCH3 is 1. The third-order valence-electron chi connectivity index (χ3n) is 6.44. The number of nitrogens with zero attached hydrogens (tertiary/aromatic N) is 3. The Kier molecular flexibility index (Phi) is 9.34. The number of aromatic nitrogens is 1. The molecule has 1 atom stereocenters. The Balaban J connectivity index is 1.36. The van der Waals surface area contributed by atoms with Gasteiger partial charge >= 0.3 is 12.1 Å². The van der Waals surface area contributed by atoms with Gasteiger partial charge in [0.25, 0.3) is 5.91 Å². The van der Waals surface area contributed by atoms with Gasteiger partial charge in [-0.15, -0.1) is 0 Å². The first-order valence-corrected chi connectivity index (χ1v) is 13.2. The van der Waals surface area contributed by atoms with E-state index in [-0.39, 0.29) is 22.0 Å². The quantitative estimate of drug-likeness (QED) is 0.352. The molecule has 2 heterocycles. The van der Waals surface area contributed by atoms with E-state index in [0.29, 0.717) is 43.4 Å². The van der Waals surface area contributed by atoms with Gasteiger partial charge in [0.1, 0.15) is 11.8 Å². The highest BCUT2D eigenvalue weighted by Gasteiger charge is 2.27. The average molecular weight is 587 g/mol. The van der Waals surface area contributed by atoms with Gasteiger partial charge in [0, 0.05) is 38.7 Å². The van der Waals surface area contributed by atoms with Crippen molar-refractivity contribution in [2.45, 2.75) is 18.9 Å². The molecule has 1 aliphatic rings. The SMILES string of the molecule is COC(=O)[C@H](Cc1ccc(OCCc2ccc3c(n2)N(C(=O)O)CCN3C)cc1)NC(=O)c1c(Cl)cccc1Cl. The van der Waals surface area contributed by atoms with Gasteiger partial charge in [-0.3, -0.25) is 9.69 Å². The summed E-state index contributed by atoms with van der Waals surface area (Å²) in [5, 5.41) is 12.5. The van der Waals surface area contributed by atoms with Gasteiger partial charge in [-0.1, -0.05) is 41.4 Å². The number of nitrogens with one attached hydrogen (secondary N) is 1. The van der Waals surface area contributed by atoms with E-state index in [1.54, 1.807) is 42.5 Å². The molecule has 2 amide bonds. The van der Waals surface area contributed by atoms with E-state index >= 15 is 0 Å². The number of esters is 1. The monoisotopic (exact) mass is 586 g/mol.